The van der Waals surface area contributed by atoms with E-state index in [0.29, 0.717) is 29.2 Å². The Hall–Kier alpha value is -3.15. The largest absolute Gasteiger partial charge is 0.507 e. The number of ketones is 1. The van der Waals surface area contributed by atoms with Crippen LogP contribution in [-0.2, 0) is 0 Å². The summed E-state index contributed by atoms with van der Waals surface area (Å²) in [7, 11) is 6.06. The van der Waals surface area contributed by atoms with Crippen molar-refractivity contribution < 1.29 is 28.8 Å². The van der Waals surface area contributed by atoms with Gasteiger partial charge in [0.1, 0.15) is 22.8 Å². The van der Waals surface area contributed by atoms with Gasteiger partial charge in [-0.25, -0.2) is 0 Å². The summed E-state index contributed by atoms with van der Waals surface area (Å²) < 4.78 is 21.0. The minimum Gasteiger partial charge on any atom is -0.507 e. The molecule has 0 radical (unpaired) electrons. The number of methoxy groups -OCH3 is 4. The second kappa shape index (κ2) is 9.69. The van der Waals surface area contributed by atoms with Gasteiger partial charge in [0, 0.05) is 17.7 Å². The van der Waals surface area contributed by atoms with Gasteiger partial charge >= 0.3 is 0 Å². The maximum atomic E-state index is 13.2. The van der Waals surface area contributed by atoms with E-state index in [1.807, 2.05) is 13.0 Å². The Morgan fingerprint density at radius 1 is 0.929 bits per heavy atom. The number of aromatic hydroxyl groups is 1. The number of Topliss-reactive ketones (excluding diaryl/α,β-unsaturated/α-hetero) is 1. The summed E-state index contributed by atoms with van der Waals surface area (Å²) in [6.07, 6.45) is 3.10. The fourth-order valence-electron chi connectivity index (χ4n) is 2.91. The van der Waals surface area contributed by atoms with Crippen molar-refractivity contribution in [3.63, 3.8) is 0 Å². The number of rotatable bonds is 9. The van der Waals surface area contributed by atoms with Crippen LogP contribution < -0.4 is 18.9 Å². The zero-order valence-electron chi connectivity index (χ0n) is 16.9. The van der Waals surface area contributed by atoms with Crippen molar-refractivity contribution in [2.75, 3.05) is 28.4 Å². The van der Waals surface area contributed by atoms with Gasteiger partial charge in [0.05, 0.1) is 28.4 Å². The van der Waals surface area contributed by atoms with Crippen LogP contribution in [0.3, 0.4) is 0 Å². The number of hydrogen-bond acceptors (Lipinski definition) is 6. The SMILES string of the molecule is CCC/C(=C\c1ccc(OC)c(OC)c1)C(=O)c1c(O)cc(OC)cc1OC. The molecule has 2 rings (SSSR count). The highest BCUT2D eigenvalue weighted by molar-refractivity contribution is 6.14. The Morgan fingerprint density at radius 3 is 2.18 bits per heavy atom. The Bertz CT molecular complexity index is 870. The van der Waals surface area contributed by atoms with Crippen molar-refractivity contribution in [3.8, 4) is 28.7 Å². The first kappa shape index (κ1) is 21.2. The van der Waals surface area contributed by atoms with Crippen LogP contribution in [0.15, 0.2) is 35.9 Å². The molecule has 2 aromatic carbocycles. The van der Waals surface area contributed by atoms with E-state index in [-0.39, 0.29) is 22.8 Å². The number of hydrogen-bond donors (Lipinski definition) is 1. The molecule has 0 atom stereocenters. The van der Waals surface area contributed by atoms with E-state index in [9.17, 15) is 9.90 Å². The average molecular weight is 386 g/mol. The zero-order valence-corrected chi connectivity index (χ0v) is 16.9. The number of allylic oxidation sites excluding steroid dienone is 1. The van der Waals surface area contributed by atoms with Gasteiger partial charge in [-0.1, -0.05) is 19.4 Å². The van der Waals surface area contributed by atoms with Gasteiger partial charge in [-0.05, 0) is 30.2 Å². The van der Waals surface area contributed by atoms with Crippen molar-refractivity contribution in [1.82, 2.24) is 0 Å². The van der Waals surface area contributed by atoms with Crippen LogP contribution >= 0.6 is 0 Å². The molecule has 0 heterocycles. The van der Waals surface area contributed by atoms with Gasteiger partial charge in [-0.2, -0.15) is 0 Å². The summed E-state index contributed by atoms with van der Waals surface area (Å²) in [5.74, 6) is 1.37. The van der Waals surface area contributed by atoms with E-state index in [1.165, 1.54) is 20.3 Å². The van der Waals surface area contributed by atoms with Crippen LogP contribution in [0, 0.1) is 0 Å². The van der Waals surface area contributed by atoms with Crippen molar-refractivity contribution in [2.24, 2.45) is 0 Å². The topological polar surface area (TPSA) is 74.2 Å². The maximum absolute atomic E-state index is 13.2. The third kappa shape index (κ3) is 4.57. The molecular formula is C22H26O6. The minimum atomic E-state index is -0.298. The summed E-state index contributed by atoms with van der Waals surface area (Å²) in [4.78, 5) is 13.2. The molecule has 6 nitrogen and oxygen atoms in total. The molecular weight excluding hydrogens is 360 g/mol. The number of phenols is 1. The molecule has 0 aliphatic rings. The Kier molecular flexibility index (Phi) is 7.32. The van der Waals surface area contributed by atoms with E-state index in [0.717, 1.165) is 12.0 Å². The predicted molar refractivity (Wildman–Crippen MR) is 108 cm³/mol. The van der Waals surface area contributed by atoms with E-state index in [1.54, 1.807) is 38.5 Å². The molecule has 0 aliphatic heterocycles. The summed E-state index contributed by atoms with van der Waals surface area (Å²) in [5, 5.41) is 10.4. The molecule has 0 fully saturated rings. The highest BCUT2D eigenvalue weighted by Gasteiger charge is 2.22. The van der Waals surface area contributed by atoms with Crippen molar-refractivity contribution in [3.05, 3.63) is 47.0 Å². The molecule has 2 aromatic rings. The van der Waals surface area contributed by atoms with E-state index in [4.69, 9.17) is 18.9 Å². The number of ether oxygens (including phenoxy) is 4. The first-order valence-corrected chi connectivity index (χ1v) is 8.91. The molecule has 0 spiro atoms. The zero-order chi connectivity index (χ0) is 20.7. The first-order chi connectivity index (χ1) is 13.5. The fourth-order valence-corrected chi connectivity index (χ4v) is 2.91. The van der Waals surface area contributed by atoms with E-state index >= 15 is 0 Å². The molecule has 150 valence electrons. The molecule has 0 bridgehead atoms. The van der Waals surface area contributed by atoms with Gasteiger partial charge in [-0.15, -0.1) is 0 Å². The van der Waals surface area contributed by atoms with Crippen LogP contribution in [0.2, 0.25) is 0 Å². The van der Waals surface area contributed by atoms with Gasteiger partial charge < -0.3 is 24.1 Å². The van der Waals surface area contributed by atoms with Crippen LogP contribution in [-0.4, -0.2) is 39.3 Å². The Morgan fingerprint density at radius 2 is 1.61 bits per heavy atom. The Labute approximate surface area is 165 Å². The fraction of sp³-hybridized carbons (Fsp3) is 0.318. The monoisotopic (exact) mass is 386 g/mol. The first-order valence-electron chi connectivity index (χ1n) is 8.91. The normalized spacial score (nSPS) is 11.1. The lowest BCUT2D eigenvalue weighted by molar-refractivity contribution is 0.102. The van der Waals surface area contributed by atoms with E-state index in [2.05, 4.69) is 0 Å². The Balaban J connectivity index is 2.52. The van der Waals surface area contributed by atoms with Crippen LogP contribution in [0.4, 0.5) is 0 Å². The highest BCUT2D eigenvalue weighted by Crippen LogP contribution is 2.36. The molecule has 1 N–H and O–H groups in total. The highest BCUT2D eigenvalue weighted by atomic mass is 16.5. The van der Waals surface area contributed by atoms with E-state index < -0.39 is 0 Å². The van der Waals surface area contributed by atoms with Gasteiger partial charge in [0.2, 0.25) is 0 Å². The summed E-state index contributed by atoms with van der Waals surface area (Å²) in [6, 6.07) is 8.40. The van der Waals surface area contributed by atoms with Gasteiger partial charge in [0.15, 0.2) is 17.3 Å². The van der Waals surface area contributed by atoms with Crippen molar-refractivity contribution >= 4 is 11.9 Å². The van der Waals surface area contributed by atoms with Crippen molar-refractivity contribution in [1.29, 1.82) is 0 Å². The third-order valence-corrected chi connectivity index (χ3v) is 4.30. The van der Waals surface area contributed by atoms with Crippen molar-refractivity contribution in [2.45, 2.75) is 19.8 Å². The summed E-state index contributed by atoms with van der Waals surface area (Å²) in [5.41, 5.74) is 1.46. The molecule has 6 heteroatoms. The van der Waals surface area contributed by atoms with Crippen LogP contribution in [0.5, 0.6) is 28.7 Å². The molecule has 0 aromatic heterocycles. The number of benzene rings is 2. The maximum Gasteiger partial charge on any atom is 0.196 e. The molecule has 0 aliphatic carbocycles. The lowest BCUT2D eigenvalue weighted by atomic mass is 9.96. The van der Waals surface area contributed by atoms with Crippen LogP contribution in [0.1, 0.15) is 35.7 Å². The summed E-state index contributed by atoms with van der Waals surface area (Å²) >= 11 is 0. The average Bonchev–Trinajstić information content (AvgIpc) is 2.71. The van der Waals surface area contributed by atoms with Gasteiger partial charge in [-0.3, -0.25) is 4.79 Å². The lowest BCUT2D eigenvalue weighted by Gasteiger charge is -2.14. The standard InChI is InChI=1S/C22H26O6/c1-6-7-15(10-14-8-9-18(26-3)19(11-14)27-4)22(24)21-17(23)12-16(25-2)13-20(21)28-5/h8-13,23H,6-7H2,1-5H3/b15-10+. The minimum absolute atomic E-state index is 0.114. The second-order valence-electron chi connectivity index (χ2n) is 6.09. The second-order valence-corrected chi connectivity index (χ2v) is 6.09. The molecule has 0 amide bonds. The summed E-state index contributed by atoms with van der Waals surface area (Å²) in [6.45, 7) is 1.99. The number of carbonyl (C=O) groups excluding carboxylic acids is 1. The molecule has 0 unspecified atom stereocenters. The van der Waals surface area contributed by atoms with Gasteiger partial charge in [0.25, 0.3) is 0 Å². The molecule has 28 heavy (non-hydrogen) atoms. The quantitative estimate of drug-likeness (QED) is 0.505. The van der Waals surface area contributed by atoms with Crippen LogP contribution in [0.25, 0.3) is 6.08 Å². The molecule has 0 saturated carbocycles. The number of carbonyl (C=O) groups is 1. The lowest BCUT2D eigenvalue weighted by Crippen LogP contribution is -2.07. The molecule has 0 saturated heterocycles. The third-order valence-electron chi connectivity index (χ3n) is 4.30. The number of phenolic OH excluding ortho intramolecular Hbond substituents is 1. The smallest absolute Gasteiger partial charge is 0.196 e. The predicted octanol–water partition coefficient (Wildman–Crippen LogP) is 4.49.